The van der Waals surface area contributed by atoms with Crippen LogP contribution in [0.5, 0.6) is 0 Å². The molecule has 0 saturated heterocycles. The topological polar surface area (TPSA) is 107 Å². The molecule has 0 rings (SSSR count). The summed E-state index contributed by atoms with van der Waals surface area (Å²) in [4.78, 5) is 11.4. The zero-order chi connectivity index (χ0) is 23.2. The summed E-state index contributed by atoms with van der Waals surface area (Å²) in [5.74, 6) is -0.364. The lowest BCUT2D eigenvalue weighted by Crippen LogP contribution is -2.21. The summed E-state index contributed by atoms with van der Waals surface area (Å²) < 4.78 is 4.83. The minimum Gasteiger partial charge on any atom is -0.463 e. The van der Waals surface area contributed by atoms with E-state index < -0.39 is 24.9 Å². The lowest BCUT2D eigenvalue weighted by molar-refractivity contribution is -0.147. The summed E-state index contributed by atoms with van der Waals surface area (Å²) >= 11 is 0. The second kappa shape index (κ2) is 21.2. The fourth-order valence-corrected chi connectivity index (χ4v) is 2.49. The van der Waals surface area contributed by atoms with Crippen molar-refractivity contribution in [2.75, 3.05) is 13.2 Å². The van der Waals surface area contributed by atoms with Crippen molar-refractivity contribution < 1.29 is 30.0 Å². The van der Waals surface area contributed by atoms with Gasteiger partial charge in [0.2, 0.25) is 0 Å². The van der Waals surface area contributed by atoms with E-state index in [1.54, 1.807) is 24.3 Å². The minimum absolute atomic E-state index is 0.169. The number of carbonyl (C=O) groups is 1. The molecule has 0 aromatic rings. The third-order valence-electron chi connectivity index (χ3n) is 4.22. The third-order valence-corrected chi connectivity index (χ3v) is 4.22. The number of hydrogen-bond donors (Lipinski definition) is 4. The van der Waals surface area contributed by atoms with Gasteiger partial charge < -0.3 is 25.2 Å². The van der Waals surface area contributed by atoms with Gasteiger partial charge in [-0.2, -0.15) is 0 Å². The van der Waals surface area contributed by atoms with Crippen molar-refractivity contribution in [2.45, 2.75) is 76.6 Å². The van der Waals surface area contributed by atoms with E-state index in [1.807, 2.05) is 24.3 Å². The van der Waals surface area contributed by atoms with Crippen LogP contribution < -0.4 is 0 Å². The molecule has 0 aliphatic rings. The van der Waals surface area contributed by atoms with E-state index in [4.69, 9.17) is 14.9 Å². The van der Waals surface area contributed by atoms with Crippen molar-refractivity contribution in [1.29, 1.82) is 0 Å². The fraction of sp³-hybridized carbons (Fsp3) is 0.560. The molecule has 0 bridgehead atoms. The van der Waals surface area contributed by atoms with Gasteiger partial charge in [-0.05, 0) is 32.1 Å². The molecule has 0 amide bonds. The monoisotopic (exact) mass is 436 g/mol. The molecule has 0 fully saturated rings. The maximum absolute atomic E-state index is 11.4. The van der Waals surface area contributed by atoms with Crippen LogP contribution in [0, 0.1) is 0 Å². The molecule has 3 unspecified atom stereocenters. The van der Waals surface area contributed by atoms with Crippen LogP contribution in [0.2, 0.25) is 0 Å². The first-order chi connectivity index (χ1) is 15.0. The highest BCUT2D eigenvalue weighted by Crippen LogP contribution is 2.06. The summed E-state index contributed by atoms with van der Waals surface area (Å²) in [5.41, 5.74) is 0. The van der Waals surface area contributed by atoms with Gasteiger partial charge in [-0.3, -0.25) is 4.79 Å². The van der Waals surface area contributed by atoms with E-state index in [2.05, 4.69) is 19.1 Å². The van der Waals surface area contributed by atoms with Crippen molar-refractivity contribution in [3.8, 4) is 0 Å². The molecule has 0 aliphatic carbocycles. The molecule has 0 aromatic carbocycles. The maximum atomic E-state index is 11.4. The van der Waals surface area contributed by atoms with Crippen LogP contribution in [-0.2, 0) is 9.53 Å². The average molecular weight is 437 g/mol. The Morgan fingerprint density at radius 3 is 2.19 bits per heavy atom. The second-order valence-corrected chi connectivity index (χ2v) is 7.23. The molecule has 0 spiro atoms. The predicted molar refractivity (Wildman–Crippen MR) is 124 cm³/mol. The van der Waals surface area contributed by atoms with E-state index in [9.17, 15) is 15.0 Å². The fourth-order valence-electron chi connectivity index (χ4n) is 2.49. The van der Waals surface area contributed by atoms with Gasteiger partial charge >= 0.3 is 5.97 Å². The molecule has 6 nitrogen and oxygen atoms in total. The lowest BCUT2D eigenvalue weighted by Gasteiger charge is -2.08. The summed E-state index contributed by atoms with van der Waals surface area (Å²) in [6, 6.07) is 0. The van der Waals surface area contributed by atoms with Crippen LogP contribution in [0.15, 0.2) is 60.8 Å². The zero-order valence-corrected chi connectivity index (χ0v) is 18.7. The Bertz CT molecular complexity index is 577. The highest BCUT2D eigenvalue weighted by atomic mass is 16.5. The smallest absolute Gasteiger partial charge is 0.305 e. The van der Waals surface area contributed by atoms with E-state index in [-0.39, 0.29) is 19.0 Å². The largest absolute Gasteiger partial charge is 0.463 e. The van der Waals surface area contributed by atoms with Crippen LogP contribution in [0.4, 0.5) is 0 Å². The molecule has 0 aliphatic heterocycles. The Labute approximate surface area is 187 Å². The van der Waals surface area contributed by atoms with Gasteiger partial charge in [0.25, 0.3) is 0 Å². The molecule has 4 N–H and O–H groups in total. The highest BCUT2D eigenvalue weighted by Gasteiger charge is 2.07. The predicted octanol–water partition coefficient (Wildman–Crippen LogP) is 3.53. The van der Waals surface area contributed by atoms with Gasteiger partial charge in [0.05, 0.1) is 18.8 Å². The normalized spacial score (nSPS) is 15.6. The zero-order valence-electron chi connectivity index (χ0n) is 18.7. The van der Waals surface area contributed by atoms with E-state index in [0.29, 0.717) is 12.8 Å². The van der Waals surface area contributed by atoms with Crippen molar-refractivity contribution in [3.05, 3.63) is 60.8 Å². The molecular formula is C25H40O6. The van der Waals surface area contributed by atoms with Crippen molar-refractivity contribution in [1.82, 2.24) is 0 Å². The van der Waals surface area contributed by atoms with Gasteiger partial charge in [-0.25, -0.2) is 0 Å². The number of unbranched alkanes of at least 4 members (excludes halogenated alkanes) is 3. The molecule has 6 heteroatoms. The van der Waals surface area contributed by atoms with Gasteiger partial charge in [0, 0.05) is 12.8 Å². The number of rotatable bonds is 18. The lowest BCUT2D eigenvalue weighted by atomic mass is 10.1. The van der Waals surface area contributed by atoms with Gasteiger partial charge in [0.1, 0.15) is 12.7 Å². The summed E-state index contributed by atoms with van der Waals surface area (Å²) in [5, 5.41) is 37.5. The van der Waals surface area contributed by atoms with Gasteiger partial charge in [-0.15, -0.1) is 0 Å². The average Bonchev–Trinajstić information content (AvgIpc) is 2.75. The summed E-state index contributed by atoms with van der Waals surface area (Å²) in [7, 11) is 0. The molecule has 0 radical (unpaired) electrons. The van der Waals surface area contributed by atoms with E-state index >= 15 is 0 Å². The number of esters is 1. The van der Waals surface area contributed by atoms with Crippen molar-refractivity contribution >= 4 is 5.97 Å². The summed E-state index contributed by atoms with van der Waals surface area (Å²) in [6.45, 7) is 1.50. The van der Waals surface area contributed by atoms with Crippen LogP contribution in [0.1, 0.15) is 58.3 Å². The number of hydrogen-bond acceptors (Lipinski definition) is 6. The first-order valence-corrected chi connectivity index (χ1v) is 11.1. The highest BCUT2D eigenvalue weighted by molar-refractivity contribution is 5.69. The molecule has 31 heavy (non-hydrogen) atoms. The molecule has 176 valence electrons. The standard InChI is InChI=1S/C25H40O6/c1-2-3-4-5-7-10-13-16-22(27)19-23(28)17-14-11-8-6-9-12-15-18-25(30)31-21-24(29)20-26/h3-4,7-8,10-11,13-14,16-17,22-24,26-29H,2,5-6,9,12,15,18-21H2,1H3/b4-3-,10-7-,11-8-,16-13+,17-14+. The van der Waals surface area contributed by atoms with Crippen LogP contribution in [-0.4, -0.2) is 57.9 Å². The Kier molecular flexibility index (Phi) is 19.9. The third kappa shape index (κ3) is 21.0. The number of ether oxygens (including phenoxy) is 1. The number of allylic oxidation sites excluding steroid dienone is 8. The van der Waals surface area contributed by atoms with Crippen molar-refractivity contribution in [2.24, 2.45) is 0 Å². The first kappa shape index (κ1) is 29.0. The van der Waals surface area contributed by atoms with Crippen LogP contribution in [0.3, 0.4) is 0 Å². The van der Waals surface area contributed by atoms with E-state index in [1.165, 1.54) is 0 Å². The Morgan fingerprint density at radius 2 is 1.55 bits per heavy atom. The number of aliphatic hydroxyl groups is 4. The van der Waals surface area contributed by atoms with Gasteiger partial charge in [-0.1, -0.05) is 74.1 Å². The van der Waals surface area contributed by atoms with Crippen LogP contribution in [0.25, 0.3) is 0 Å². The van der Waals surface area contributed by atoms with Crippen molar-refractivity contribution in [3.63, 3.8) is 0 Å². The molecule has 3 atom stereocenters. The Balaban J connectivity index is 3.79. The maximum Gasteiger partial charge on any atom is 0.305 e. The Hall–Kier alpha value is -1.99. The molecular weight excluding hydrogens is 396 g/mol. The van der Waals surface area contributed by atoms with E-state index in [0.717, 1.165) is 32.1 Å². The summed E-state index contributed by atoms with van der Waals surface area (Å²) in [6.07, 6.45) is 22.2. The molecule has 0 aromatic heterocycles. The number of carbonyl (C=O) groups excluding carboxylic acids is 1. The second-order valence-electron chi connectivity index (χ2n) is 7.23. The molecule has 0 heterocycles. The minimum atomic E-state index is -1.01. The van der Waals surface area contributed by atoms with Gasteiger partial charge in [0.15, 0.2) is 0 Å². The Morgan fingerprint density at radius 1 is 0.871 bits per heavy atom. The first-order valence-electron chi connectivity index (χ1n) is 11.1. The number of aliphatic hydroxyl groups excluding tert-OH is 4. The quantitative estimate of drug-likeness (QED) is 0.113. The van der Waals surface area contributed by atoms with Crippen LogP contribution >= 0.6 is 0 Å². The molecule has 0 saturated carbocycles. The SMILES string of the molecule is CC/C=C\C/C=C\C=C\C(O)CC(O)/C=C/C=C\CCCCCC(=O)OCC(O)CO.